The minimum absolute atomic E-state index is 0.00165. The minimum atomic E-state index is -0.890. The third-order valence-electron chi connectivity index (χ3n) is 4.06. The lowest BCUT2D eigenvalue weighted by Gasteiger charge is -2.37. The van der Waals surface area contributed by atoms with Crippen LogP contribution in [0.25, 0.3) is 0 Å². The lowest BCUT2D eigenvalue weighted by Crippen LogP contribution is -2.53. The molecule has 0 heterocycles. The molecule has 0 radical (unpaired) electrons. The summed E-state index contributed by atoms with van der Waals surface area (Å²) in [6, 6.07) is 2.41. The van der Waals surface area contributed by atoms with Gasteiger partial charge in [0.2, 0.25) is 11.8 Å². The Morgan fingerprint density at radius 3 is 2.14 bits per heavy atom. The Bertz CT molecular complexity index is 589. The van der Waals surface area contributed by atoms with Gasteiger partial charge in [0.25, 0.3) is 0 Å². The molecule has 2 amide bonds. The Morgan fingerprint density at radius 2 is 1.71 bits per heavy atom. The normalized spacial score (nSPS) is 12.1. The van der Waals surface area contributed by atoms with Crippen molar-refractivity contribution in [3.63, 3.8) is 0 Å². The molecule has 21 heavy (non-hydrogen) atoms. The number of rotatable bonds is 4. The highest BCUT2D eigenvalue weighted by molar-refractivity contribution is 5.99. The second-order valence-electron chi connectivity index (χ2n) is 6.30. The van der Waals surface area contributed by atoms with Crippen molar-refractivity contribution in [2.75, 3.05) is 5.32 Å². The van der Waals surface area contributed by atoms with E-state index >= 15 is 0 Å². The van der Waals surface area contributed by atoms with Gasteiger partial charge < -0.3 is 16.8 Å². The maximum absolute atomic E-state index is 13.8. The first-order valence-electron chi connectivity index (χ1n) is 6.58. The number of nitrogens with two attached hydrogens (primary N) is 2. The van der Waals surface area contributed by atoms with Crippen LogP contribution in [-0.4, -0.2) is 17.4 Å². The molecule has 6 heteroatoms. The molecule has 116 valence electrons. The first-order valence-corrected chi connectivity index (χ1v) is 6.58. The number of anilines is 1. The number of primary amides is 1. The van der Waals surface area contributed by atoms with E-state index in [0.717, 1.165) is 6.07 Å². The van der Waals surface area contributed by atoms with Crippen LogP contribution >= 0.6 is 0 Å². The molecule has 0 spiro atoms. The Kier molecular flexibility index (Phi) is 4.43. The van der Waals surface area contributed by atoms with Crippen molar-refractivity contribution in [1.82, 2.24) is 0 Å². The topological polar surface area (TPSA) is 98.2 Å². The number of carbonyl (C=O) groups excluding carboxylic acids is 2. The van der Waals surface area contributed by atoms with Crippen LogP contribution in [0.5, 0.6) is 0 Å². The second-order valence-corrected chi connectivity index (χ2v) is 6.30. The Morgan fingerprint density at radius 1 is 1.19 bits per heavy atom. The maximum Gasteiger partial charge on any atom is 0.248 e. The van der Waals surface area contributed by atoms with Crippen LogP contribution in [-0.2, 0) is 4.79 Å². The van der Waals surface area contributed by atoms with E-state index in [1.165, 1.54) is 13.0 Å². The van der Waals surface area contributed by atoms with Gasteiger partial charge in [0, 0.05) is 22.4 Å². The average Bonchev–Trinajstić information content (AvgIpc) is 2.32. The molecule has 0 unspecified atom stereocenters. The second kappa shape index (κ2) is 5.44. The number of carbonyl (C=O) groups is 2. The molecular weight excluding hydrogens is 273 g/mol. The first kappa shape index (κ1) is 17.1. The van der Waals surface area contributed by atoms with E-state index < -0.39 is 22.7 Å². The summed E-state index contributed by atoms with van der Waals surface area (Å²) in [5.41, 5.74) is 9.94. The zero-order valence-electron chi connectivity index (χ0n) is 13.0. The lowest BCUT2D eigenvalue weighted by molar-refractivity contribution is -0.126. The SMILES string of the molecule is Cc1c(F)cc(C(N)=O)cc1NC(=O)C(C)(C)C(C)(C)N. The van der Waals surface area contributed by atoms with Gasteiger partial charge in [-0.15, -0.1) is 0 Å². The van der Waals surface area contributed by atoms with Crippen molar-refractivity contribution in [3.05, 3.63) is 29.1 Å². The molecule has 0 aliphatic heterocycles. The van der Waals surface area contributed by atoms with Crippen molar-refractivity contribution in [2.45, 2.75) is 40.2 Å². The summed E-state index contributed by atoms with van der Waals surface area (Å²) in [4.78, 5) is 23.6. The molecule has 0 saturated carbocycles. The lowest BCUT2D eigenvalue weighted by atomic mass is 9.74. The molecule has 1 aromatic rings. The van der Waals surface area contributed by atoms with Crippen LogP contribution in [0.1, 0.15) is 43.6 Å². The molecular formula is C15H22FN3O2. The predicted molar refractivity (Wildman–Crippen MR) is 80.3 cm³/mol. The van der Waals surface area contributed by atoms with Crippen LogP contribution in [0.2, 0.25) is 0 Å². The molecule has 5 nitrogen and oxygen atoms in total. The van der Waals surface area contributed by atoms with Crippen molar-refractivity contribution in [2.24, 2.45) is 16.9 Å². The third-order valence-corrected chi connectivity index (χ3v) is 4.06. The van der Waals surface area contributed by atoms with E-state index in [-0.39, 0.29) is 22.7 Å². The molecule has 0 aliphatic carbocycles. The predicted octanol–water partition coefficient (Wildman–Crippen LogP) is 1.94. The number of benzene rings is 1. The van der Waals surface area contributed by atoms with Gasteiger partial charge in [0.15, 0.2) is 0 Å². The van der Waals surface area contributed by atoms with Crippen LogP contribution in [0.4, 0.5) is 10.1 Å². The standard InChI is InChI=1S/C15H22FN3O2/c1-8-10(16)6-9(12(17)20)7-11(8)19-13(21)14(2,3)15(4,5)18/h6-7H,18H2,1-5H3,(H2,17,20)(H,19,21). The number of halogens is 1. The van der Waals surface area contributed by atoms with Crippen molar-refractivity contribution in [3.8, 4) is 0 Å². The fraction of sp³-hybridized carbons (Fsp3) is 0.467. The molecule has 0 fully saturated rings. The number of amides is 2. The summed E-state index contributed by atoms with van der Waals surface area (Å²) in [7, 11) is 0. The molecule has 0 atom stereocenters. The average molecular weight is 295 g/mol. The van der Waals surface area contributed by atoms with E-state index in [4.69, 9.17) is 11.5 Å². The first-order chi connectivity index (χ1) is 9.37. The summed E-state index contributed by atoms with van der Waals surface area (Å²) in [5.74, 6) is -1.73. The summed E-state index contributed by atoms with van der Waals surface area (Å²) >= 11 is 0. The van der Waals surface area contributed by atoms with E-state index in [1.54, 1.807) is 27.7 Å². The van der Waals surface area contributed by atoms with Crippen molar-refractivity contribution >= 4 is 17.5 Å². The Hall–Kier alpha value is -1.95. The molecule has 1 rings (SSSR count). The van der Waals surface area contributed by atoms with Crippen LogP contribution in [0.15, 0.2) is 12.1 Å². The van der Waals surface area contributed by atoms with Gasteiger partial charge in [-0.2, -0.15) is 0 Å². The zero-order valence-corrected chi connectivity index (χ0v) is 13.0. The van der Waals surface area contributed by atoms with E-state index in [2.05, 4.69) is 5.32 Å². The van der Waals surface area contributed by atoms with Crippen LogP contribution in [0.3, 0.4) is 0 Å². The van der Waals surface area contributed by atoms with E-state index in [9.17, 15) is 14.0 Å². The fourth-order valence-electron chi connectivity index (χ4n) is 1.52. The van der Waals surface area contributed by atoms with Crippen molar-refractivity contribution < 1.29 is 14.0 Å². The van der Waals surface area contributed by atoms with Gasteiger partial charge in [0.1, 0.15) is 5.82 Å². The number of nitrogens with one attached hydrogen (secondary N) is 1. The minimum Gasteiger partial charge on any atom is -0.366 e. The van der Waals surface area contributed by atoms with Crippen LogP contribution < -0.4 is 16.8 Å². The molecule has 0 aromatic heterocycles. The number of hydrogen-bond acceptors (Lipinski definition) is 3. The van der Waals surface area contributed by atoms with Gasteiger partial charge >= 0.3 is 0 Å². The molecule has 1 aromatic carbocycles. The zero-order chi connectivity index (χ0) is 16.6. The number of hydrogen-bond donors (Lipinski definition) is 3. The quantitative estimate of drug-likeness (QED) is 0.791. The highest BCUT2D eigenvalue weighted by Gasteiger charge is 2.40. The maximum atomic E-state index is 13.8. The van der Waals surface area contributed by atoms with Gasteiger partial charge in [-0.25, -0.2) is 4.39 Å². The van der Waals surface area contributed by atoms with Gasteiger partial charge in [-0.1, -0.05) is 0 Å². The van der Waals surface area contributed by atoms with E-state index in [1.807, 2.05) is 0 Å². The van der Waals surface area contributed by atoms with Crippen molar-refractivity contribution in [1.29, 1.82) is 0 Å². The highest BCUT2D eigenvalue weighted by atomic mass is 19.1. The molecule has 0 aliphatic rings. The van der Waals surface area contributed by atoms with Gasteiger partial charge in [-0.05, 0) is 46.8 Å². The van der Waals surface area contributed by atoms with Gasteiger partial charge in [0.05, 0.1) is 5.41 Å². The fourth-order valence-corrected chi connectivity index (χ4v) is 1.52. The largest absolute Gasteiger partial charge is 0.366 e. The third kappa shape index (κ3) is 3.39. The Balaban J connectivity index is 3.20. The summed E-state index contributed by atoms with van der Waals surface area (Å²) in [5, 5.41) is 2.63. The smallest absolute Gasteiger partial charge is 0.248 e. The van der Waals surface area contributed by atoms with Crippen LogP contribution in [0, 0.1) is 18.2 Å². The van der Waals surface area contributed by atoms with Gasteiger partial charge in [-0.3, -0.25) is 9.59 Å². The summed E-state index contributed by atoms with van der Waals surface area (Å²) in [6.45, 7) is 8.38. The monoisotopic (exact) mass is 295 g/mol. The Labute approximate surface area is 123 Å². The highest BCUT2D eigenvalue weighted by Crippen LogP contribution is 2.31. The molecule has 0 saturated heterocycles. The molecule has 5 N–H and O–H groups in total. The molecule has 0 bridgehead atoms. The summed E-state index contributed by atoms with van der Waals surface area (Å²) < 4.78 is 13.8. The summed E-state index contributed by atoms with van der Waals surface area (Å²) in [6.07, 6.45) is 0. The van der Waals surface area contributed by atoms with E-state index in [0.29, 0.717) is 0 Å².